The van der Waals surface area contributed by atoms with E-state index >= 15 is 0 Å². The van der Waals surface area contributed by atoms with Crippen molar-refractivity contribution in [3.05, 3.63) is 12.7 Å². The zero-order chi connectivity index (χ0) is 12.6. The van der Waals surface area contributed by atoms with Crippen molar-refractivity contribution in [3.63, 3.8) is 0 Å². The minimum absolute atomic E-state index is 0.0513. The molecule has 1 aliphatic rings. The molecule has 1 saturated carbocycles. The minimum atomic E-state index is -0.0513. The third-order valence-corrected chi connectivity index (χ3v) is 3.98. The predicted octanol–water partition coefficient (Wildman–Crippen LogP) is 1.06. The summed E-state index contributed by atoms with van der Waals surface area (Å²) in [4.78, 5) is 12.6. The van der Waals surface area contributed by atoms with Gasteiger partial charge in [0.25, 0.3) is 0 Å². The second-order valence-electron chi connectivity index (χ2n) is 4.95. The summed E-state index contributed by atoms with van der Waals surface area (Å²) in [6.45, 7) is 0.181. The monoisotopic (exact) mass is 247 g/mol. The number of nitrogen functional groups attached to an aromatic ring is 1. The average Bonchev–Trinajstić information content (AvgIpc) is 2.97. The van der Waals surface area contributed by atoms with Crippen molar-refractivity contribution >= 4 is 17.0 Å². The van der Waals surface area contributed by atoms with Crippen molar-refractivity contribution in [3.8, 4) is 0 Å². The Balaban J connectivity index is 2.15. The van der Waals surface area contributed by atoms with Gasteiger partial charge in [-0.3, -0.25) is 0 Å². The topological polar surface area (TPSA) is 89.9 Å². The molecule has 3 rings (SSSR count). The largest absolute Gasteiger partial charge is 0.396 e. The van der Waals surface area contributed by atoms with E-state index in [4.69, 9.17) is 5.73 Å². The summed E-state index contributed by atoms with van der Waals surface area (Å²) in [5.41, 5.74) is 7.19. The van der Waals surface area contributed by atoms with Gasteiger partial charge in [0.05, 0.1) is 6.33 Å². The Hall–Kier alpha value is -1.69. The third kappa shape index (κ3) is 1.56. The van der Waals surface area contributed by atoms with Crippen LogP contribution in [-0.4, -0.2) is 31.2 Å². The first-order valence-electron chi connectivity index (χ1n) is 6.32. The van der Waals surface area contributed by atoms with E-state index in [0.29, 0.717) is 11.3 Å². The fraction of sp³-hybridized carbons (Fsp3) is 0.583. The van der Waals surface area contributed by atoms with Crippen LogP contribution in [0.3, 0.4) is 0 Å². The van der Waals surface area contributed by atoms with Gasteiger partial charge in [0.2, 0.25) is 0 Å². The molecule has 0 aromatic carbocycles. The number of aliphatic hydroxyl groups excluding tert-OH is 1. The van der Waals surface area contributed by atoms with Gasteiger partial charge in [-0.2, -0.15) is 0 Å². The molecule has 6 nitrogen and oxygen atoms in total. The number of hydrogen-bond donors (Lipinski definition) is 2. The summed E-state index contributed by atoms with van der Waals surface area (Å²) in [5, 5.41) is 9.33. The minimum Gasteiger partial charge on any atom is -0.396 e. The van der Waals surface area contributed by atoms with Crippen molar-refractivity contribution in [1.82, 2.24) is 19.5 Å². The van der Waals surface area contributed by atoms with Crippen LogP contribution in [0.2, 0.25) is 0 Å². The van der Waals surface area contributed by atoms with E-state index in [1.54, 1.807) is 6.33 Å². The fourth-order valence-corrected chi connectivity index (χ4v) is 3.05. The van der Waals surface area contributed by atoms with Crippen molar-refractivity contribution < 1.29 is 5.11 Å². The molecule has 6 heteroatoms. The van der Waals surface area contributed by atoms with E-state index < -0.39 is 0 Å². The standard InChI is InChI=1S/C12H17N5O/c13-10-9-11(15-7-14-10)17(8-16-9)12(5-6-18)3-1-2-4-12/h7-8,18H,1-6H2,(H2,13,14,15). The molecule has 0 atom stereocenters. The van der Waals surface area contributed by atoms with Gasteiger partial charge >= 0.3 is 0 Å². The van der Waals surface area contributed by atoms with Crippen LogP contribution < -0.4 is 5.73 Å². The van der Waals surface area contributed by atoms with E-state index in [1.807, 2.05) is 0 Å². The average molecular weight is 247 g/mol. The van der Waals surface area contributed by atoms with Crippen molar-refractivity contribution in [2.24, 2.45) is 0 Å². The van der Waals surface area contributed by atoms with Crippen LogP contribution in [0.1, 0.15) is 32.1 Å². The van der Waals surface area contributed by atoms with Crippen molar-refractivity contribution in [2.75, 3.05) is 12.3 Å². The molecule has 3 N–H and O–H groups in total. The summed E-state index contributed by atoms with van der Waals surface area (Å²) in [6.07, 6.45) is 8.48. The molecule has 0 saturated heterocycles. The quantitative estimate of drug-likeness (QED) is 0.846. The second kappa shape index (κ2) is 4.20. The van der Waals surface area contributed by atoms with Crippen LogP contribution in [0.4, 0.5) is 5.82 Å². The van der Waals surface area contributed by atoms with E-state index in [-0.39, 0.29) is 12.1 Å². The Morgan fingerprint density at radius 3 is 2.78 bits per heavy atom. The number of imidazole rings is 1. The van der Waals surface area contributed by atoms with Crippen LogP contribution in [0.15, 0.2) is 12.7 Å². The maximum absolute atomic E-state index is 9.33. The van der Waals surface area contributed by atoms with E-state index in [1.165, 1.54) is 19.2 Å². The normalized spacial score (nSPS) is 18.5. The van der Waals surface area contributed by atoms with Crippen molar-refractivity contribution in [1.29, 1.82) is 0 Å². The highest BCUT2D eigenvalue weighted by Crippen LogP contribution is 2.40. The number of aliphatic hydroxyl groups is 1. The number of anilines is 1. The number of nitrogens with two attached hydrogens (primary N) is 1. The molecule has 2 heterocycles. The second-order valence-corrected chi connectivity index (χ2v) is 4.95. The molecule has 0 amide bonds. The summed E-state index contributed by atoms with van der Waals surface area (Å²) < 4.78 is 2.09. The Morgan fingerprint density at radius 1 is 1.28 bits per heavy atom. The highest BCUT2D eigenvalue weighted by Gasteiger charge is 2.36. The number of nitrogens with zero attached hydrogens (tertiary/aromatic N) is 4. The molecule has 2 aromatic rings. The molecular weight excluding hydrogens is 230 g/mol. The molecule has 1 aliphatic carbocycles. The number of hydrogen-bond acceptors (Lipinski definition) is 5. The molecule has 18 heavy (non-hydrogen) atoms. The smallest absolute Gasteiger partial charge is 0.165 e. The van der Waals surface area contributed by atoms with Crippen LogP contribution >= 0.6 is 0 Å². The molecule has 1 fully saturated rings. The van der Waals surface area contributed by atoms with Gasteiger partial charge in [-0.15, -0.1) is 0 Å². The maximum atomic E-state index is 9.33. The summed E-state index contributed by atoms with van der Waals surface area (Å²) in [7, 11) is 0. The highest BCUT2D eigenvalue weighted by atomic mass is 16.3. The summed E-state index contributed by atoms with van der Waals surface area (Å²) >= 11 is 0. The van der Waals surface area contributed by atoms with Crippen molar-refractivity contribution in [2.45, 2.75) is 37.6 Å². The zero-order valence-corrected chi connectivity index (χ0v) is 10.2. The SMILES string of the molecule is Nc1ncnc2c1ncn2C1(CCO)CCCC1. The summed E-state index contributed by atoms with van der Waals surface area (Å²) in [6, 6.07) is 0. The molecule has 0 radical (unpaired) electrons. The van der Waals surface area contributed by atoms with Gasteiger partial charge in [0, 0.05) is 12.1 Å². The Morgan fingerprint density at radius 2 is 2.06 bits per heavy atom. The van der Waals surface area contributed by atoms with E-state index in [9.17, 15) is 5.11 Å². The molecule has 2 aromatic heterocycles. The van der Waals surface area contributed by atoms with Crippen LogP contribution in [0.5, 0.6) is 0 Å². The van der Waals surface area contributed by atoms with Gasteiger partial charge in [0.1, 0.15) is 11.8 Å². The lowest BCUT2D eigenvalue weighted by Gasteiger charge is -2.30. The molecule has 0 unspecified atom stereocenters. The zero-order valence-electron chi connectivity index (χ0n) is 10.2. The number of aromatic nitrogens is 4. The Labute approximate surface area is 105 Å². The lowest BCUT2D eigenvalue weighted by Crippen LogP contribution is -2.31. The molecular formula is C12H17N5O. The molecule has 0 spiro atoms. The number of fused-ring (bicyclic) bond motifs is 1. The van der Waals surface area contributed by atoms with E-state index in [2.05, 4.69) is 19.5 Å². The fourth-order valence-electron chi connectivity index (χ4n) is 3.05. The molecule has 96 valence electrons. The van der Waals surface area contributed by atoms with Gasteiger partial charge in [-0.1, -0.05) is 12.8 Å². The van der Waals surface area contributed by atoms with Crippen LogP contribution in [0, 0.1) is 0 Å². The predicted molar refractivity (Wildman–Crippen MR) is 67.9 cm³/mol. The Kier molecular flexibility index (Phi) is 2.66. The first kappa shape index (κ1) is 11.4. The van der Waals surface area contributed by atoms with Gasteiger partial charge < -0.3 is 15.4 Å². The third-order valence-electron chi connectivity index (χ3n) is 3.98. The lowest BCUT2D eigenvalue weighted by atomic mass is 9.93. The molecule has 0 bridgehead atoms. The Bertz CT molecular complexity index is 559. The highest BCUT2D eigenvalue weighted by molar-refractivity contribution is 5.81. The first-order valence-corrected chi connectivity index (χ1v) is 6.32. The van der Waals surface area contributed by atoms with Gasteiger partial charge in [0.15, 0.2) is 11.5 Å². The number of rotatable bonds is 3. The van der Waals surface area contributed by atoms with Gasteiger partial charge in [-0.25, -0.2) is 15.0 Å². The molecule has 0 aliphatic heterocycles. The van der Waals surface area contributed by atoms with Gasteiger partial charge in [-0.05, 0) is 19.3 Å². The lowest BCUT2D eigenvalue weighted by molar-refractivity contribution is 0.190. The van der Waals surface area contributed by atoms with E-state index in [0.717, 1.165) is 24.9 Å². The van der Waals surface area contributed by atoms with Crippen LogP contribution in [-0.2, 0) is 5.54 Å². The van der Waals surface area contributed by atoms with Crippen LogP contribution in [0.25, 0.3) is 11.2 Å². The maximum Gasteiger partial charge on any atom is 0.165 e. The summed E-state index contributed by atoms with van der Waals surface area (Å²) in [5.74, 6) is 0.413. The first-order chi connectivity index (χ1) is 8.77.